The van der Waals surface area contributed by atoms with E-state index in [1.165, 1.54) is 11.1 Å². The molecule has 23 heavy (non-hydrogen) atoms. The van der Waals surface area contributed by atoms with Crippen LogP contribution in [0.3, 0.4) is 0 Å². The maximum absolute atomic E-state index is 6.27. The summed E-state index contributed by atoms with van der Waals surface area (Å²) >= 11 is 0. The van der Waals surface area contributed by atoms with Crippen molar-refractivity contribution in [3.63, 3.8) is 0 Å². The number of hydrogen-bond donors (Lipinski definition) is 2. The molecule has 0 saturated heterocycles. The molecule has 2 aromatic carbocycles. The molecule has 122 valence electrons. The number of ether oxygens (including phenoxy) is 2. The van der Waals surface area contributed by atoms with Crippen LogP contribution in [0.25, 0.3) is 0 Å². The quantitative estimate of drug-likeness (QED) is 0.860. The third kappa shape index (κ3) is 3.33. The summed E-state index contributed by atoms with van der Waals surface area (Å²) in [5.41, 5.74) is 9.69. The van der Waals surface area contributed by atoms with Gasteiger partial charge < -0.3 is 20.5 Å². The van der Waals surface area contributed by atoms with Crippen LogP contribution in [0.15, 0.2) is 42.5 Å². The monoisotopic (exact) mass is 312 g/mol. The van der Waals surface area contributed by atoms with Crippen LogP contribution in [0.4, 0.5) is 0 Å². The Kier molecular flexibility index (Phi) is 4.84. The Labute approximate surface area is 137 Å². The van der Waals surface area contributed by atoms with Crippen molar-refractivity contribution in [1.82, 2.24) is 5.32 Å². The van der Waals surface area contributed by atoms with Gasteiger partial charge in [0.2, 0.25) is 0 Å². The molecule has 1 aliphatic carbocycles. The first kappa shape index (κ1) is 15.8. The number of benzene rings is 2. The van der Waals surface area contributed by atoms with E-state index in [1.54, 1.807) is 7.11 Å². The Balaban J connectivity index is 1.80. The summed E-state index contributed by atoms with van der Waals surface area (Å²) in [6.07, 6.45) is 2.04. The van der Waals surface area contributed by atoms with Gasteiger partial charge in [-0.3, -0.25) is 0 Å². The van der Waals surface area contributed by atoms with Crippen LogP contribution in [0.2, 0.25) is 0 Å². The lowest BCUT2D eigenvalue weighted by Gasteiger charge is -2.20. The van der Waals surface area contributed by atoms with E-state index in [2.05, 4.69) is 29.6 Å². The van der Waals surface area contributed by atoms with Crippen molar-refractivity contribution in [2.45, 2.75) is 25.0 Å². The first-order valence-corrected chi connectivity index (χ1v) is 8.04. The van der Waals surface area contributed by atoms with Gasteiger partial charge in [0.25, 0.3) is 0 Å². The number of methoxy groups -OCH3 is 1. The lowest BCUT2D eigenvalue weighted by molar-refractivity contribution is 0.204. The molecule has 0 heterocycles. The second-order valence-electron chi connectivity index (χ2n) is 5.90. The molecule has 4 heteroatoms. The summed E-state index contributed by atoms with van der Waals surface area (Å²) in [5.74, 6) is 1.55. The predicted octanol–water partition coefficient (Wildman–Crippen LogP) is 2.46. The molecule has 0 radical (unpaired) electrons. The molecule has 3 rings (SSSR count). The lowest BCUT2D eigenvalue weighted by atomic mass is 10.1. The van der Waals surface area contributed by atoms with Gasteiger partial charge in [-0.05, 0) is 35.9 Å². The molecule has 4 nitrogen and oxygen atoms in total. The highest BCUT2D eigenvalue weighted by atomic mass is 16.5. The molecule has 0 spiro atoms. The molecule has 0 amide bonds. The van der Waals surface area contributed by atoms with Crippen LogP contribution in [-0.4, -0.2) is 26.8 Å². The predicted molar refractivity (Wildman–Crippen MR) is 92.1 cm³/mol. The maximum Gasteiger partial charge on any atom is 0.161 e. The summed E-state index contributed by atoms with van der Waals surface area (Å²) in [6.45, 7) is 0.539. The van der Waals surface area contributed by atoms with Gasteiger partial charge in [0.1, 0.15) is 6.10 Å². The number of rotatable bonds is 6. The average molecular weight is 312 g/mol. The fraction of sp³-hybridized carbons (Fsp3) is 0.368. The Morgan fingerprint density at radius 2 is 1.83 bits per heavy atom. The van der Waals surface area contributed by atoms with E-state index >= 15 is 0 Å². The second kappa shape index (κ2) is 7.02. The Morgan fingerprint density at radius 1 is 1.13 bits per heavy atom. The topological polar surface area (TPSA) is 56.5 Å². The van der Waals surface area contributed by atoms with E-state index in [1.807, 2.05) is 25.2 Å². The minimum absolute atomic E-state index is 0.115. The van der Waals surface area contributed by atoms with Crippen molar-refractivity contribution >= 4 is 0 Å². The van der Waals surface area contributed by atoms with Crippen molar-refractivity contribution in [2.24, 2.45) is 5.73 Å². The summed E-state index contributed by atoms with van der Waals surface area (Å²) < 4.78 is 11.7. The van der Waals surface area contributed by atoms with Crippen molar-refractivity contribution in [3.05, 3.63) is 59.2 Å². The number of likely N-dealkylation sites (N-methyl/N-ethyl adjacent to an activating group) is 1. The fourth-order valence-corrected chi connectivity index (χ4v) is 3.20. The van der Waals surface area contributed by atoms with Gasteiger partial charge >= 0.3 is 0 Å². The fourth-order valence-electron chi connectivity index (χ4n) is 3.20. The second-order valence-corrected chi connectivity index (χ2v) is 5.90. The lowest BCUT2D eigenvalue weighted by Crippen LogP contribution is -2.25. The average Bonchev–Trinajstić information content (AvgIpc) is 2.98. The van der Waals surface area contributed by atoms with Gasteiger partial charge in [0.05, 0.1) is 7.11 Å². The minimum atomic E-state index is 0.115. The molecule has 1 unspecified atom stereocenters. The van der Waals surface area contributed by atoms with Crippen molar-refractivity contribution in [1.29, 1.82) is 0 Å². The third-order valence-electron chi connectivity index (χ3n) is 4.48. The highest BCUT2D eigenvalue weighted by Gasteiger charge is 2.24. The highest BCUT2D eigenvalue weighted by molar-refractivity contribution is 5.45. The molecule has 2 aromatic rings. The van der Waals surface area contributed by atoms with Crippen LogP contribution >= 0.6 is 0 Å². The van der Waals surface area contributed by atoms with E-state index in [9.17, 15) is 0 Å². The largest absolute Gasteiger partial charge is 0.493 e. The third-order valence-corrected chi connectivity index (χ3v) is 4.48. The molecular formula is C19H24N2O2. The SMILES string of the molecule is CNC(CN)c1ccc(OC)c(OC2Cc3ccccc3C2)c1. The summed E-state index contributed by atoms with van der Waals surface area (Å²) in [6, 6.07) is 14.7. The maximum atomic E-state index is 6.27. The molecule has 1 atom stereocenters. The highest BCUT2D eigenvalue weighted by Crippen LogP contribution is 2.33. The number of nitrogens with one attached hydrogen (secondary N) is 1. The Bertz CT molecular complexity index is 643. The summed E-state index contributed by atoms with van der Waals surface area (Å²) in [4.78, 5) is 0. The van der Waals surface area contributed by atoms with Crippen molar-refractivity contribution < 1.29 is 9.47 Å². The smallest absolute Gasteiger partial charge is 0.161 e. The van der Waals surface area contributed by atoms with Gasteiger partial charge in [-0.2, -0.15) is 0 Å². The number of fused-ring (bicyclic) bond motifs is 1. The molecule has 0 bridgehead atoms. The van der Waals surface area contributed by atoms with Crippen molar-refractivity contribution in [2.75, 3.05) is 20.7 Å². The van der Waals surface area contributed by atoms with E-state index in [-0.39, 0.29) is 12.1 Å². The molecule has 0 aromatic heterocycles. The van der Waals surface area contributed by atoms with Crippen LogP contribution in [0.5, 0.6) is 11.5 Å². The molecule has 1 aliphatic rings. The van der Waals surface area contributed by atoms with Crippen molar-refractivity contribution in [3.8, 4) is 11.5 Å². The van der Waals surface area contributed by atoms with Gasteiger partial charge in [-0.15, -0.1) is 0 Å². The number of nitrogens with two attached hydrogens (primary N) is 1. The van der Waals surface area contributed by atoms with Crippen LogP contribution < -0.4 is 20.5 Å². The summed E-state index contributed by atoms with van der Waals surface area (Å²) in [7, 11) is 3.58. The van der Waals surface area contributed by atoms with Gasteiger partial charge in [-0.25, -0.2) is 0 Å². The first-order valence-electron chi connectivity index (χ1n) is 8.04. The van der Waals surface area contributed by atoms with Gasteiger partial charge in [0, 0.05) is 25.4 Å². The normalized spacial score (nSPS) is 15.3. The first-order chi connectivity index (χ1) is 11.2. The van der Waals surface area contributed by atoms with Crippen LogP contribution in [0, 0.1) is 0 Å². The van der Waals surface area contributed by atoms with E-state index in [0.717, 1.165) is 29.9 Å². The van der Waals surface area contributed by atoms with Gasteiger partial charge in [0.15, 0.2) is 11.5 Å². The molecule has 0 fully saturated rings. The van der Waals surface area contributed by atoms with E-state index in [4.69, 9.17) is 15.2 Å². The Hall–Kier alpha value is -2.04. The molecule has 3 N–H and O–H groups in total. The number of hydrogen-bond acceptors (Lipinski definition) is 4. The molecular weight excluding hydrogens is 288 g/mol. The summed E-state index contributed by atoms with van der Waals surface area (Å²) in [5, 5.41) is 3.22. The Morgan fingerprint density at radius 3 is 2.39 bits per heavy atom. The zero-order chi connectivity index (χ0) is 16.2. The van der Waals surface area contributed by atoms with Gasteiger partial charge in [-0.1, -0.05) is 30.3 Å². The van der Waals surface area contributed by atoms with Crippen LogP contribution in [-0.2, 0) is 12.8 Å². The van der Waals surface area contributed by atoms with E-state index in [0.29, 0.717) is 6.54 Å². The molecule has 0 saturated carbocycles. The minimum Gasteiger partial charge on any atom is -0.493 e. The zero-order valence-corrected chi connectivity index (χ0v) is 13.7. The van der Waals surface area contributed by atoms with E-state index < -0.39 is 0 Å². The zero-order valence-electron chi connectivity index (χ0n) is 13.7. The standard InChI is InChI=1S/C19H24N2O2/c1-21-17(12-20)15-7-8-18(22-2)19(11-15)23-16-9-13-5-3-4-6-14(13)10-16/h3-8,11,16-17,21H,9-10,12,20H2,1-2H3. The van der Waals surface area contributed by atoms with Crippen LogP contribution in [0.1, 0.15) is 22.7 Å². The molecule has 0 aliphatic heterocycles.